The second kappa shape index (κ2) is 49.3. The summed E-state index contributed by atoms with van der Waals surface area (Å²) in [5.41, 5.74) is 29.1. The highest BCUT2D eigenvalue weighted by atomic mass is 16.4. The summed E-state index contributed by atoms with van der Waals surface area (Å²) < 4.78 is 0. The highest BCUT2D eigenvalue weighted by Crippen LogP contribution is 2.25. The number of guanidine groups is 2. The van der Waals surface area contributed by atoms with Crippen molar-refractivity contribution in [3.63, 3.8) is 0 Å². The zero-order chi connectivity index (χ0) is 91.6. The molecule has 0 radical (unpaired) electrons. The van der Waals surface area contributed by atoms with Crippen molar-refractivity contribution < 1.29 is 101 Å². The predicted molar refractivity (Wildman–Crippen MR) is 442 cm³/mol. The van der Waals surface area contributed by atoms with E-state index in [2.05, 4.69) is 79.4 Å². The van der Waals surface area contributed by atoms with Crippen LogP contribution in [0.2, 0.25) is 0 Å². The molecule has 4 aliphatic rings. The standard InChI is InChI=1S/C77H120N26O21/c1-40(2)31-44(78)64(113)99-63(41(3)4)74(123)96-49(22-24-57(80)106)75(124)103-30-12-20-55(103)73(122)94-46(15-7-25-85-76(81)82)65(114)90-35-60(109)101-28-10-18-53(101)71(120)95-47(16-8-26-86-77(83)84)68(117)98-51(39-104)67(116)91-36-59(108)100-27-9-17-52(100)70(119)92-37-61(110)102-29-11-19-54(102)72(121)97-50(32-42-33-87-45-14-6-5-13-43(42)45)69(118)93-48(21-23-56(79)105)66(115)89-34-58(107)88-38-62(111)112/h5-6,13-14,33,40-41,44,46-55,63,87,104H,7-12,15-32,34-39,78H2,1-4H3,(H2,79,105)(H2,80,106)(H,88,107)(H,89,115)(H,90,114)(H,91,116)(H,92,119)(H,93,118)(H,94,122)(H,95,120)(H,96,123)(H,97,121)(H,98,117)(H,99,113)(H,111,112)(H4,81,82,85)(H4,83,84,86)/t44-,46-,47-,48-,49-,50-,51-,52-,53-,54-,55-,63-/m0/s1. The number of H-pyrrole nitrogens is 1. The lowest BCUT2D eigenvalue weighted by Gasteiger charge is -2.31. The van der Waals surface area contributed by atoms with Gasteiger partial charge in [0.25, 0.3) is 0 Å². The van der Waals surface area contributed by atoms with Crippen LogP contribution in [0.3, 0.4) is 0 Å². The van der Waals surface area contributed by atoms with Crippen LogP contribution in [-0.4, -0.2) is 310 Å². The quantitative estimate of drug-likeness (QED) is 0.0166. The topological polar surface area (TPSA) is 740 Å². The normalized spacial score (nSPS) is 18.0. The molecule has 124 heavy (non-hydrogen) atoms. The zero-order valence-corrected chi connectivity index (χ0v) is 70.0. The van der Waals surface area contributed by atoms with Gasteiger partial charge in [0.2, 0.25) is 106 Å². The number of rotatable bonds is 49. The molecule has 4 fully saturated rings. The lowest BCUT2D eigenvalue weighted by molar-refractivity contribution is -0.143. The minimum absolute atomic E-state index is 0.000921. The number of primary amides is 2. The van der Waals surface area contributed by atoms with E-state index in [9.17, 15) is 96.2 Å². The fourth-order valence-corrected chi connectivity index (χ4v) is 14.8. The van der Waals surface area contributed by atoms with Crippen LogP contribution in [0.15, 0.2) is 30.5 Å². The maximum Gasteiger partial charge on any atom is 0.322 e. The summed E-state index contributed by atoms with van der Waals surface area (Å²) in [5, 5.41) is 70.3. The first kappa shape index (κ1) is 100.0. The van der Waals surface area contributed by atoms with Crippen molar-refractivity contribution in [2.45, 2.75) is 216 Å². The summed E-state index contributed by atoms with van der Waals surface area (Å²) in [4.78, 5) is 265. The molecule has 0 unspecified atom stereocenters. The van der Waals surface area contributed by atoms with Crippen molar-refractivity contribution in [2.24, 2.45) is 40.5 Å². The smallest absolute Gasteiger partial charge is 0.322 e. The number of aliphatic hydroxyl groups is 1. The molecule has 2 aromatic rings. The Morgan fingerprint density at radius 1 is 0.460 bits per heavy atom. The summed E-state index contributed by atoms with van der Waals surface area (Å²) in [6, 6.07) is -8.83. The summed E-state index contributed by atoms with van der Waals surface area (Å²) >= 11 is 0. The van der Waals surface area contributed by atoms with Crippen LogP contribution in [0.4, 0.5) is 0 Å². The van der Waals surface area contributed by atoms with E-state index < -0.39 is 242 Å². The van der Waals surface area contributed by atoms with E-state index in [0.29, 0.717) is 42.1 Å². The predicted octanol–water partition coefficient (Wildman–Crippen LogP) is -9.19. The number of aliphatic hydroxyl groups excluding tert-OH is 1. The van der Waals surface area contributed by atoms with E-state index in [1.54, 1.807) is 44.3 Å². The molecule has 0 bridgehead atoms. The molecule has 18 amide bonds. The van der Waals surface area contributed by atoms with Gasteiger partial charge in [-0.05, 0) is 120 Å². The Morgan fingerprint density at radius 2 is 0.879 bits per heavy atom. The number of aromatic amines is 1. The van der Waals surface area contributed by atoms with Gasteiger partial charge in [0, 0.05) is 75.6 Å². The third-order valence-electron chi connectivity index (χ3n) is 21.3. The Kier molecular flexibility index (Phi) is 39.7. The van der Waals surface area contributed by atoms with Gasteiger partial charge in [0.15, 0.2) is 11.9 Å². The molecule has 6 rings (SSSR count). The first-order valence-electron chi connectivity index (χ1n) is 41.3. The van der Waals surface area contributed by atoms with Crippen molar-refractivity contribution in [1.82, 2.24) is 99.0 Å². The van der Waals surface area contributed by atoms with Gasteiger partial charge in [-0.3, -0.25) is 102 Å². The molecule has 4 saturated heterocycles. The van der Waals surface area contributed by atoms with E-state index in [1.807, 2.05) is 13.8 Å². The molecule has 5 heterocycles. The van der Waals surface area contributed by atoms with Crippen molar-refractivity contribution in [3.05, 3.63) is 36.0 Å². The number of nitrogens with zero attached hydrogens (tertiary/aromatic N) is 4. The van der Waals surface area contributed by atoms with Crippen LogP contribution in [0.1, 0.15) is 142 Å². The van der Waals surface area contributed by atoms with E-state index in [-0.39, 0.29) is 135 Å². The van der Waals surface area contributed by atoms with Crippen LogP contribution in [-0.2, 0) is 97.5 Å². The number of nitrogens with one attached hydrogen (secondary N) is 17. The minimum atomic E-state index is -1.76. The molecule has 47 heteroatoms. The Hall–Kier alpha value is -12.9. The third kappa shape index (κ3) is 31.2. The van der Waals surface area contributed by atoms with Crippen LogP contribution < -0.4 is 103 Å². The molecule has 47 nitrogen and oxygen atoms in total. The number of amides is 18. The van der Waals surface area contributed by atoms with Gasteiger partial charge in [-0.15, -0.1) is 0 Å². The highest BCUT2D eigenvalue weighted by molar-refractivity contribution is 6.01. The summed E-state index contributed by atoms with van der Waals surface area (Å²) in [6.45, 7) is 2.60. The molecule has 0 spiro atoms. The molecule has 1 aromatic carbocycles. The monoisotopic (exact) mass is 1740 g/mol. The number of hydrogen-bond donors (Lipinski definition) is 24. The summed E-state index contributed by atoms with van der Waals surface area (Å²) in [6.07, 6.45) is 1.88. The van der Waals surface area contributed by atoms with Crippen LogP contribution in [0.25, 0.3) is 10.9 Å². The number of aliphatic carboxylic acids is 1. The van der Waals surface area contributed by atoms with Gasteiger partial charge >= 0.3 is 5.97 Å². The maximum atomic E-state index is 14.4. The first-order valence-corrected chi connectivity index (χ1v) is 41.3. The molecule has 4 aliphatic heterocycles. The van der Waals surface area contributed by atoms with Crippen LogP contribution in [0, 0.1) is 22.7 Å². The van der Waals surface area contributed by atoms with Crippen molar-refractivity contribution in [3.8, 4) is 0 Å². The molecule has 0 saturated carbocycles. The molecule has 0 aliphatic carbocycles. The molecule has 29 N–H and O–H groups in total. The average molecular weight is 1750 g/mol. The Balaban J connectivity index is 1.04. The number of para-hydroxylation sites is 1. The number of carboxylic acids is 1. The minimum Gasteiger partial charge on any atom is -0.480 e. The number of benzene rings is 1. The van der Waals surface area contributed by atoms with Crippen molar-refractivity contribution >= 4 is 135 Å². The van der Waals surface area contributed by atoms with E-state index >= 15 is 0 Å². The van der Waals surface area contributed by atoms with E-state index in [1.165, 1.54) is 9.80 Å². The summed E-state index contributed by atoms with van der Waals surface area (Å²) in [5.74, 6) is -17.5. The van der Waals surface area contributed by atoms with Gasteiger partial charge in [0.1, 0.15) is 73.0 Å². The zero-order valence-electron chi connectivity index (χ0n) is 70.0. The van der Waals surface area contributed by atoms with Gasteiger partial charge in [-0.25, -0.2) is 0 Å². The third-order valence-corrected chi connectivity index (χ3v) is 21.3. The van der Waals surface area contributed by atoms with E-state index in [4.69, 9.17) is 44.6 Å². The number of likely N-dealkylation sites (tertiary alicyclic amines) is 4. The Bertz CT molecular complexity index is 4220. The van der Waals surface area contributed by atoms with Gasteiger partial charge in [0.05, 0.1) is 38.8 Å². The lowest BCUT2D eigenvalue weighted by atomic mass is 9.99. The first-order chi connectivity index (χ1) is 58.8. The number of hydrogen-bond acceptors (Lipinski definition) is 23. The number of carbonyl (C=O) groups excluding carboxylic acids is 18. The van der Waals surface area contributed by atoms with Gasteiger partial charge < -0.3 is 138 Å². The molecular formula is C77H120N26O21. The fourth-order valence-electron chi connectivity index (χ4n) is 14.8. The van der Waals surface area contributed by atoms with Crippen molar-refractivity contribution in [1.29, 1.82) is 10.8 Å². The second-order valence-electron chi connectivity index (χ2n) is 31.5. The van der Waals surface area contributed by atoms with Crippen LogP contribution in [0.5, 0.6) is 0 Å². The Labute approximate surface area is 714 Å². The molecule has 12 atom stereocenters. The van der Waals surface area contributed by atoms with Gasteiger partial charge in [-0.1, -0.05) is 45.9 Å². The highest BCUT2D eigenvalue weighted by Gasteiger charge is 2.44. The number of aromatic nitrogens is 1. The second-order valence-corrected chi connectivity index (χ2v) is 31.5. The van der Waals surface area contributed by atoms with E-state index in [0.717, 1.165) is 9.80 Å². The summed E-state index contributed by atoms with van der Waals surface area (Å²) in [7, 11) is 0. The van der Waals surface area contributed by atoms with Crippen LogP contribution >= 0.6 is 0 Å². The molecule has 1 aromatic heterocycles. The number of carboxylic acid groups (broad SMARTS) is 1. The molecule has 684 valence electrons. The van der Waals surface area contributed by atoms with Crippen molar-refractivity contribution in [2.75, 3.05) is 78.6 Å². The molecular weight excluding hydrogens is 1630 g/mol. The SMILES string of the molecule is CC(C)C[C@H](N)C(=O)N[C@H](C(=O)N[C@@H](CCC(N)=O)C(=O)N1CCC[C@H]1C(=O)N[C@@H](CCCNC(=N)N)C(=O)NCC(=O)N1CCC[C@H]1C(=O)N[C@@H](CCCNC(=N)N)C(=O)N[C@@H](CO)C(=O)NCC(=O)N1CCC[C@H]1C(=O)NCC(=O)N1CCC[C@H]1C(=O)N[C@@H](Cc1c[nH]c2ccccc12)C(=O)N[C@@H](CCC(N)=O)C(=O)NCC(=O)NCC(=O)O)C(C)C. The Morgan fingerprint density at radius 3 is 1.36 bits per heavy atom. The van der Waals surface area contributed by atoms with Gasteiger partial charge in [-0.2, -0.15) is 0 Å². The number of nitrogens with two attached hydrogens (primary N) is 5. The number of carbonyl (C=O) groups is 19. The average Bonchev–Trinajstić information content (AvgIpc) is 1.66. The number of fused-ring (bicyclic) bond motifs is 1. The fraction of sp³-hybridized carbons (Fsp3) is 0.623. The maximum absolute atomic E-state index is 14.4. The largest absolute Gasteiger partial charge is 0.480 e. The lowest BCUT2D eigenvalue weighted by Crippen LogP contribution is -2.59.